The zero-order chi connectivity index (χ0) is 24.0. The molecule has 1 unspecified atom stereocenters. The zero-order valence-electron chi connectivity index (χ0n) is 20.9. The number of allylic oxidation sites excluding steroid dienone is 2. The molecule has 1 aromatic carbocycles. The number of ether oxygens (including phenoxy) is 2. The van der Waals surface area contributed by atoms with Crippen molar-refractivity contribution in [3.05, 3.63) is 41.1 Å². The van der Waals surface area contributed by atoms with Gasteiger partial charge in [-0.2, -0.15) is 0 Å². The lowest BCUT2D eigenvalue weighted by molar-refractivity contribution is -0.146. The first kappa shape index (κ1) is 25.2. The largest absolute Gasteiger partial charge is 0.493 e. The van der Waals surface area contributed by atoms with E-state index in [2.05, 4.69) is 27.7 Å². The molecule has 2 atom stereocenters. The third-order valence-electron chi connectivity index (χ3n) is 6.56. The van der Waals surface area contributed by atoms with Crippen LogP contribution >= 0.6 is 0 Å². The molecule has 0 aromatic heterocycles. The first-order valence-electron chi connectivity index (χ1n) is 12.5. The topological polar surface area (TPSA) is 65.0 Å². The van der Waals surface area contributed by atoms with Crippen LogP contribution in [0.1, 0.15) is 91.0 Å². The van der Waals surface area contributed by atoms with E-state index in [-0.39, 0.29) is 17.2 Å². The summed E-state index contributed by atoms with van der Waals surface area (Å²) in [5.74, 6) is -0.539. The fraction of sp³-hybridized carbons (Fsp3) is 0.607. The molecule has 0 radical (unpaired) electrons. The second-order valence-corrected chi connectivity index (χ2v) is 10.1. The maximum Gasteiger partial charge on any atom is 0.315 e. The van der Waals surface area contributed by atoms with Gasteiger partial charge in [0.05, 0.1) is 13.2 Å². The monoisotopic (exact) mass is 453 g/mol. The average Bonchev–Trinajstić information content (AvgIpc) is 2.75. The molecule has 0 bridgehead atoms. The summed E-state index contributed by atoms with van der Waals surface area (Å²) in [6.45, 7) is 11.3. The van der Waals surface area contributed by atoms with Crippen molar-refractivity contribution in [2.45, 2.75) is 85.5 Å². The third kappa shape index (κ3) is 5.93. The van der Waals surface area contributed by atoms with E-state index < -0.39 is 11.8 Å². The fourth-order valence-corrected chi connectivity index (χ4v) is 4.90. The first-order valence-corrected chi connectivity index (χ1v) is 12.5. The number of hydrogen-bond donors (Lipinski definition) is 0. The normalized spacial score (nSPS) is 22.0. The number of aliphatic imine (C=N–C) groups is 1. The van der Waals surface area contributed by atoms with E-state index in [0.29, 0.717) is 30.9 Å². The van der Waals surface area contributed by atoms with Gasteiger partial charge in [0.25, 0.3) is 0 Å². The molecular weight excluding hydrogens is 414 g/mol. The number of hydrogen-bond acceptors (Lipinski definition) is 5. The van der Waals surface area contributed by atoms with Gasteiger partial charge in [-0.1, -0.05) is 65.2 Å². The molecule has 0 saturated heterocycles. The minimum absolute atomic E-state index is 0.0784. The molecule has 0 spiro atoms. The van der Waals surface area contributed by atoms with E-state index in [1.165, 1.54) is 0 Å². The number of carbonyl (C=O) groups is 2. The highest BCUT2D eigenvalue weighted by Gasteiger charge is 2.46. The number of ketones is 1. The van der Waals surface area contributed by atoms with Crippen molar-refractivity contribution in [3.8, 4) is 5.75 Å². The predicted molar refractivity (Wildman–Crippen MR) is 132 cm³/mol. The van der Waals surface area contributed by atoms with Crippen LogP contribution in [-0.2, 0) is 14.3 Å². The Balaban J connectivity index is 2.04. The maximum absolute atomic E-state index is 13.5. The quantitative estimate of drug-likeness (QED) is 0.303. The first-order chi connectivity index (χ1) is 15.8. The van der Waals surface area contributed by atoms with Crippen molar-refractivity contribution in [2.75, 3.05) is 13.2 Å². The van der Waals surface area contributed by atoms with E-state index in [1.807, 2.05) is 31.2 Å². The second-order valence-electron chi connectivity index (χ2n) is 10.1. The zero-order valence-corrected chi connectivity index (χ0v) is 20.9. The molecule has 1 aliphatic heterocycles. The van der Waals surface area contributed by atoms with Crippen molar-refractivity contribution in [3.63, 3.8) is 0 Å². The molecule has 0 saturated carbocycles. The van der Waals surface area contributed by atoms with Crippen molar-refractivity contribution < 1.29 is 19.1 Å². The van der Waals surface area contributed by atoms with Gasteiger partial charge in [0.1, 0.15) is 11.7 Å². The van der Waals surface area contributed by atoms with Crippen LogP contribution in [-0.4, -0.2) is 30.7 Å². The van der Waals surface area contributed by atoms with Gasteiger partial charge in [-0.15, -0.1) is 0 Å². The lowest BCUT2D eigenvalue weighted by Gasteiger charge is -2.39. The lowest BCUT2D eigenvalue weighted by Crippen LogP contribution is -2.39. The number of Topliss-reactive ketones (excluding diaryl/α,β-unsaturated/α-hetero) is 1. The van der Waals surface area contributed by atoms with E-state index in [4.69, 9.17) is 14.5 Å². The summed E-state index contributed by atoms with van der Waals surface area (Å²) < 4.78 is 11.8. The molecule has 1 aliphatic carbocycles. The Bertz CT molecular complexity index is 928. The molecule has 5 nitrogen and oxygen atoms in total. The van der Waals surface area contributed by atoms with Gasteiger partial charge in [0, 0.05) is 34.9 Å². The number of rotatable bonds is 10. The molecule has 180 valence electrons. The molecule has 2 aliphatic rings. The highest BCUT2D eigenvalue weighted by Crippen LogP contribution is 2.49. The molecule has 0 N–H and O–H groups in total. The minimum atomic E-state index is -0.619. The Morgan fingerprint density at radius 1 is 1.06 bits per heavy atom. The van der Waals surface area contributed by atoms with Gasteiger partial charge in [-0.25, -0.2) is 0 Å². The predicted octanol–water partition coefficient (Wildman–Crippen LogP) is 6.42. The third-order valence-corrected chi connectivity index (χ3v) is 6.56. The molecule has 0 amide bonds. The Morgan fingerprint density at radius 2 is 1.79 bits per heavy atom. The molecule has 1 heterocycles. The molecule has 1 aromatic rings. The number of unbranched alkanes of at least 4 members (excludes halogenated alkanes) is 3. The molecule has 0 fully saturated rings. The van der Waals surface area contributed by atoms with Gasteiger partial charge >= 0.3 is 5.97 Å². The number of benzene rings is 1. The SMILES string of the molecule is CCCCCOC(=O)C1C(C)=NC2=C(C(=O)CC(C)(C)C2)[C@H]1c1ccccc1OCCCC. The van der Waals surface area contributed by atoms with Crippen LogP contribution in [0, 0.1) is 11.3 Å². The van der Waals surface area contributed by atoms with Crippen molar-refractivity contribution in [1.29, 1.82) is 0 Å². The average molecular weight is 454 g/mol. The van der Waals surface area contributed by atoms with E-state index in [0.717, 1.165) is 55.5 Å². The van der Waals surface area contributed by atoms with Gasteiger partial charge < -0.3 is 9.47 Å². The number of para-hydroxylation sites is 1. The Hall–Kier alpha value is -2.43. The fourth-order valence-electron chi connectivity index (χ4n) is 4.90. The van der Waals surface area contributed by atoms with Gasteiger partial charge in [0.2, 0.25) is 0 Å². The summed E-state index contributed by atoms with van der Waals surface area (Å²) in [6, 6.07) is 7.81. The lowest BCUT2D eigenvalue weighted by atomic mass is 9.66. The van der Waals surface area contributed by atoms with Crippen LogP contribution in [0.4, 0.5) is 0 Å². The van der Waals surface area contributed by atoms with E-state index in [9.17, 15) is 9.59 Å². The van der Waals surface area contributed by atoms with Crippen LogP contribution in [0.5, 0.6) is 5.75 Å². The minimum Gasteiger partial charge on any atom is -0.493 e. The van der Waals surface area contributed by atoms with Gasteiger partial charge in [-0.3, -0.25) is 14.6 Å². The van der Waals surface area contributed by atoms with Crippen LogP contribution in [0.2, 0.25) is 0 Å². The molecule has 3 rings (SSSR count). The van der Waals surface area contributed by atoms with Gasteiger partial charge in [0.15, 0.2) is 5.78 Å². The summed E-state index contributed by atoms with van der Waals surface area (Å²) in [7, 11) is 0. The molecule has 5 heteroatoms. The summed E-state index contributed by atoms with van der Waals surface area (Å²) in [5.41, 5.74) is 2.93. The summed E-state index contributed by atoms with van der Waals surface area (Å²) in [5, 5.41) is 0. The summed E-state index contributed by atoms with van der Waals surface area (Å²) >= 11 is 0. The van der Waals surface area contributed by atoms with Crippen molar-refractivity contribution in [2.24, 2.45) is 16.3 Å². The highest BCUT2D eigenvalue weighted by molar-refractivity contribution is 6.09. The smallest absolute Gasteiger partial charge is 0.315 e. The van der Waals surface area contributed by atoms with Crippen LogP contribution in [0.15, 0.2) is 40.5 Å². The highest BCUT2D eigenvalue weighted by atomic mass is 16.5. The molecule has 33 heavy (non-hydrogen) atoms. The standard InChI is InChI=1S/C28H39NO4/c1-6-8-12-16-33-27(31)24-19(3)29-21-17-28(4,5)18-22(30)26(21)25(24)20-13-10-11-14-23(20)32-15-9-7-2/h10-11,13-14,24-25H,6-9,12,15-18H2,1-5H3/t24?,25-/m0/s1. The number of esters is 1. The maximum atomic E-state index is 13.5. The summed E-state index contributed by atoms with van der Waals surface area (Å²) in [4.78, 5) is 31.6. The van der Waals surface area contributed by atoms with Crippen LogP contribution < -0.4 is 4.74 Å². The van der Waals surface area contributed by atoms with Gasteiger partial charge in [-0.05, 0) is 37.7 Å². The van der Waals surface area contributed by atoms with E-state index >= 15 is 0 Å². The van der Waals surface area contributed by atoms with Crippen LogP contribution in [0.3, 0.4) is 0 Å². The Morgan fingerprint density at radius 3 is 2.52 bits per heavy atom. The van der Waals surface area contributed by atoms with E-state index in [1.54, 1.807) is 0 Å². The number of carbonyl (C=O) groups excluding carboxylic acids is 2. The van der Waals surface area contributed by atoms with Crippen molar-refractivity contribution >= 4 is 17.5 Å². The Labute approximate surface area is 198 Å². The Kier molecular flexibility index (Phi) is 8.50. The summed E-state index contributed by atoms with van der Waals surface area (Å²) in [6.07, 6.45) is 6.08. The second kappa shape index (κ2) is 11.1. The van der Waals surface area contributed by atoms with Crippen LogP contribution in [0.25, 0.3) is 0 Å². The number of nitrogens with zero attached hydrogens (tertiary/aromatic N) is 1. The molecular formula is C28H39NO4. The van der Waals surface area contributed by atoms with Crippen molar-refractivity contribution in [1.82, 2.24) is 0 Å².